The Morgan fingerprint density at radius 1 is 0.375 bits per heavy atom. The van der Waals surface area contributed by atoms with Crippen LogP contribution in [0.5, 0.6) is 23.0 Å². The number of ether oxygens (including phenoxy) is 4. The van der Waals surface area contributed by atoms with Gasteiger partial charge < -0.3 is 18.9 Å². The molecular formula is C38H36F16N6O4. The van der Waals surface area contributed by atoms with Gasteiger partial charge in [0.1, 0.15) is 23.0 Å². The van der Waals surface area contributed by atoms with Crippen molar-refractivity contribution in [2.45, 2.75) is 75.6 Å². The Balaban J connectivity index is 1.64. The van der Waals surface area contributed by atoms with Crippen molar-refractivity contribution < 1.29 is 89.2 Å². The van der Waals surface area contributed by atoms with Crippen molar-refractivity contribution in [2.24, 2.45) is 0 Å². The van der Waals surface area contributed by atoms with Gasteiger partial charge in [-0.05, 0) is 24.3 Å². The SMILES string of the molecule is FC(F)C(F)(F)COc1ccnc(CN(CCN(Cc2cc(OCC(F)(F)C(F)F)ccn2)Cc2cc(OCC(F)(F)C(F)F)ccn2)Cc2cc(OCC(F)(F)C(F)F)ccn2)c1. The molecule has 0 aliphatic rings. The highest BCUT2D eigenvalue weighted by atomic mass is 19.3. The Kier molecular flexibility index (Phi) is 18.0. The van der Waals surface area contributed by atoms with Crippen molar-refractivity contribution in [1.82, 2.24) is 29.7 Å². The van der Waals surface area contributed by atoms with Gasteiger partial charge in [-0.15, -0.1) is 0 Å². The van der Waals surface area contributed by atoms with Crippen LogP contribution in [0.1, 0.15) is 22.8 Å². The first-order chi connectivity index (χ1) is 29.9. The minimum Gasteiger partial charge on any atom is -0.487 e. The van der Waals surface area contributed by atoms with E-state index >= 15 is 0 Å². The Hall–Kier alpha value is -5.40. The Bertz CT molecular complexity index is 1770. The average molecular weight is 945 g/mol. The minimum atomic E-state index is -4.51. The first kappa shape index (κ1) is 51.2. The Morgan fingerprint density at radius 3 is 0.766 bits per heavy atom. The first-order valence-electron chi connectivity index (χ1n) is 18.3. The highest BCUT2D eigenvalue weighted by Crippen LogP contribution is 2.29. The summed E-state index contributed by atoms with van der Waals surface area (Å²) in [7, 11) is 0. The summed E-state index contributed by atoms with van der Waals surface area (Å²) in [5.74, 6) is -19.2. The number of halogens is 16. The van der Waals surface area contributed by atoms with Crippen molar-refractivity contribution in [3.05, 3.63) is 96.1 Å². The molecule has 0 unspecified atom stereocenters. The molecule has 0 radical (unpaired) electrons. The first-order valence-corrected chi connectivity index (χ1v) is 18.3. The van der Waals surface area contributed by atoms with E-state index in [1.54, 1.807) is 9.80 Å². The standard InChI is InChI=1S/C38H36F16N6O4/c39-31(40)35(47,48)19-61-27-1-5-55-23(11-27)15-59(16-24-12-28(2-6-56-24)62-20-36(49,50)32(41)42)9-10-60(17-25-13-29(3-7-57-25)63-21-37(51,52)33(43)44)18-26-14-30(4-8-58-26)64-22-38(53,54)34(45)46/h1-8,11-14,31-34H,9-10,15-22H2. The number of hydrogen-bond donors (Lipinski definition) is 0. The molecule has 4 heterocycles. The summed E-state index contributed by atoms with van der Waals surface area (Å²) in [5, 5.41) is 0. The van der Waals surface area contributed by atoms with Crippen molar-refractivity contribution in [2.75, 3.05) is 39.5 Å². The molecule has 4 aromatic heterocycles. The molecule has 0 fully saturated rings. The third kappa shape index (κ3) is 16.3. The van der Waals surface area contributed by atoms with E-state index in [1.807, 2.05) is 0 Å². The second kappa shape index (κ2) is 22.5. The predicted octanol–water partition coefficient (Wildman–Crippen LogP) is 9.09. The van der Waals surface area contributed by atoms with Gasteiger partial charge in [-0.1, -0.05) is 0 Å². The van der Waals surface area contributed by atoms with E-state index in [-0.39, 0.29) is 85.0 Å². The van der Waals surface area contributed by atoms with Crippen LogP contribution in [0.3, 0.4) is 0 Å². The van der Waals surface area contributed by atoms with Gasteiger partial charge in [0.2, 0.25) is 0 Å². The fourth-order valence-electron chi connectivity index (χ4n) is 5.13. The van der Waals surface area contributed by atoms with Gasteiger partial charge in [-0.3, -0.25) is 29.7 Å². The molecule has 0 bridgehead atoms. The summed E-state index contributed by atoms with van der Waals surface area (Å²) in [6, 6.07) is 9.00. The molecule has 64 heavy (non-hydrogen) atoms. The zero-order valence-electron chi connectivity index (χ0n) is 32.7. The fourth-order valence-corrected chi connectivity index (χ4v) is 5.13. The van der Waals surface area contributed by atoms with E-state index in [9.17, 15) is 70.2 Å². The van der Waals surface area contributed by atoms with Crippen LogP contribution in [-0.2, 0) is 26.2 Å². The lowest BCUT2D eigenvalue weighted by atomic mass is 10.2. The topological polar surface area (TPSA) is 95.0 Å². The molecule has 26 heteroatoms. The highest BCUT2D eigenvalue weighted by molar-refractivity contribution is 5.26. The molecule has 0 aromatic carbocycles. The molecule has 0 N–H and O–H groups in total. The van der Waals surface area contributed by atoms with E-state index < -0.39 is 75.8 Å². The zero-order valence-corrected chi connectivity index (χ0v) is 32.7. The van der Waals surface area contributed by atoms with Crippen molar-refractivity contribution >= 4 is 0 Å². The van der Waals surface area contributed by atoms with Crippen LogP contribution < -0.4 is 18.9 Å². The molecule has 0 saturated carbocycles. The normalized spacial score (nSPS) is 12.9. The molecule has 4 rings (SSSR count). The van der Waals surface area contributed by atoms with Gasteiger partial charge in [-0.2, -0.15) is 35.1 Å². The number of hydrogen-bond acceptors (Lipinski definition) is 10. The lowest BCUT2D eigenvalue weighted by Gasteiger charge is -2.28. The van der Waals surface area contributed by atoms with E-state index in [0.717, 1.165) is 73.3 Å². The van der Waals surface area contributed by atoms with Crippen LogP contribution >= 0.6 is 0 Å². The van der Waals surface area contributed by atoms with Crippen LogP contribution in [0.2, 0.25) is 0 Å². The fraction of sp³-hybridized carbons (Fsp3) is 0.474. The molecular weight excluding hydrogens is 908 g/mol. The van der Waals surface area contributed by atoms with Crippen molar-refractivity contribution in [3.63, 3.8) is 0 Å². The molecule has 0 spiro atoms. The summed E-state index contributed by atoms with van der Waals surface area (Å²) >= 11 is 0. The van der Waals surface area contributed by atoms with Gasteiger partial charge in [0.05, 0.1) is 22.8 Å². The Morgan fingerprint density at radius 2 is 0.578 bits per heavy atom. The van der Waals surface area contributed by atoms with E-state index in [2.05, 4.69) is 19.9 Å². The van der Waals surface area contributed by atoms with Crippen LogP contribution in [-0.4, -0.2) is 119 Å². The van der Waals surface area contributed by atoms with Crippen molar-refractivity contribution in [1.29, 1.82) is 0 Å². The third-order valence-electron chi connectivity index (χ3n) is 8.43. The van der Waals surface area contributed by atoms with E-state index in [4.69, 9.17) is 18.9 Å². The van der Waals surface area contributed by atoms with Gasteiger partial charge >= 0.3 is 49.4 Å². The summed E-state index contributed by atoms with van der Waals surface area (Å²) in [6.45, 7) is -7.82. The highest BCUT2D eigenvalue weighted by Gasteiger charge is 2.44. The smallest absolute Gasteiger partial charge is 0.340 e. The summed E-state index contributed by atoms with van der Waals surface area (Å²) in [4.78, 5) is 19.7. The maximum atomic E-state index is 13.6. The monoisotopic (exact) mass is 944 g/mol. The van der Waals surface area contributed by atoms with Crippen LogP contribution in [0.4, 0.5) is 70.2 Å². The average Bonchev–Trinajstić information content (AvgIpc) is 3.23. The third-order valence-corrected chi connectivity index (χ3v) is 8.43. The molecule has 0 amide bonds. The van der Waals surface area contributed by atoms with Crippen LogP contribution in [0.25, 0.3) is 0 Å². The molecule has 0 atom stereocenters. The molecule has 0 aliphatic heterocycles. The summed E-state index contributed by atoms with van der Waals surface area (Å²) in [5.41, 5.74) is 0.362. The summed E-state index contributed by atoms with van der Waals surface area (Å²) < 4.78 is 230. The van der Waals surface area contributed by atoms with Gasteiger partial charge in [0, 0.05) is 88.3 Å². The van der Waals surface area contributed by atoms with Gasteiger partial charge in [0.15, 0.2) is 26.4 Å². The largest absolute Gasteiger partial charge is 0.487 e. The van der Waals surface area contributed by atoms with Gasteiger partial charge in [0.25, 0.3) is 0 Å². The molecule has 4 aromatic rings. The number of alkyl halides is 16. The maximum Gasteiger partial charge on any atom is 0.340 e. The van der Waals surface area contributed by atoms with E-state index in [1.165, 1.54) is 0 Å². The Labute approximate surface area is 353 Å². The molecule has 0 saturated heterocycles. The number of nitrogens with zero attached hydrogens (tertiary/aromatic N) is 6. The van der Waals surface area contributed by atoms with E-state index in [0.29, 0.717) is 0 Å². The maximum absolute atomic E-state index is 13.6. The van der Waals surface area contributed by atoms with Gasteiger partial charge in [-0.25, -0.2) is 35.1 Å². The minimum absolute atomic E-state index is 0.0833. The molecule has 0 aliphatic carbocycles. The lowest BCUT2D eigenvalue weighted by Crippen LogP contribution is -2.35. The molecule has 354 valence electrons. The van der Waals surface area contributed by atoms with Crippen LogP contribution in [0, 0.1) is 0 Å². The van der Waals surface area contributed by atoms with Crippen molar-refractivity contribution in [3.8, 4) is 23.0 Å². The quantitative estimate of drug-likeness (QED) is 0.0540. The molecule has 10 nitrogen and oxygen atoms in total. The predicted molar refractivity (Wildman–Crippen MR) is 191 cm³/mol. The number of aromatic nitrogens is 4. The van der Waals surface area contributed by atoms with Crippen LogP contribution in [0.15, 0.2) is 73.3 Å². The number of rotatable bonds is 27. The number of pyridine rings is 4. The zero-order chi connectivity index (χ0) is 47.3. The summed E-state index contributed by atoms with van der Waals surface area (Å²) in [6.07, 6.45) is -11.7. The second-order valence-electron chi connectivity index (χ2n) is 13.8. The second-order valence-corrected chi connectivity index (χ2v) is 13.8. The lowest BCUT2D eigenvalue weighted by molar-refractivity contribution is -0.148.